The summed E-state index contributed by atoms with van der Waals surface area (Å²) in [5.41, 5.74) is 12.5. The molecule has 12 N–H and O–H groups in total. The van der Waals surface area contributed by atoms with E-state index in [0.717, 1.165) is 4.47 Å². The van der Waals surface area contributed by atoms with Crippen LogP contribution in [0.4, 0.5) is 0 Å². The van der Waals surface area contributed by atoms with Gasteiger partial charge in [0.15, 0.2) is 0 Å². The zero-order valence-electron chi connectivity index (χ0n) is 32.5. The standard InChI is InChI=1S/C38H53BrN8O10/c1-19(2)31(37(56)42-18-29(41)49)47-38(57)32(20(3)4)46-35(54)27(14-15-30(50)51)44-36(55)28(17-23-6-10-24(39)11-7-23)45-33(52)21(5)43-34(53)26(40)16-22-8-12-25(48)13-9-22/h6-13,19-21,26-28,31-32,48H,14-18,40H2,1-5H3,(H2,41,49)(H,42,56)(H,43,53)(H,44,55)(H,45,52)(H,46,54)(H,47,57)(H,50,51)/t21-,26+,27+,28+,31+,32+/m1/s1. The molecule has 2 rings (SSSR count). The van der Waals surface area contributed by atoms with Gasteiger partial charge in [0.05, 0.1) is 12.6 Å². The molecule has 0 radical (unpaired) electrons. The fraction of sp³-hybridized carbons (Fsp3) is 0.474. The molecule has 18 nitrogen and oxygen atoms in total. The number of phenolic OH excluding ortho intramolecular Hbond substituents is 1. The molecule has 0 saturated carbocycles. The number of nitrogens with one attached hydrogen (secondary N) is 6. The van der Waals surface area contributed by atoms with Gasteiger partial charge in [-0.25, -0.2) is 0 Å². The smallest absolute Gasteiger partial charge is 0.303 e. The number of rotatable bonds is 22. The van der Waals surface area contributed by atoms with Crippen LogP contribution in [0.25, 0.3) is 0 Å². The number of carboxylic acid groups (broad SMARTS) is 1. The number of halogens is 1. The minimum absolute atomic E-state index is 0.0442. The molecule has 0 spiro atoms. The Labute approximate surface area is 339 Å². The number of hydrogen-bond donors (Lipinski definition) is 10. The molecule has 0 unspecified atom stereocenters. The van der Waals surface area contributed by atoms with E-state index in [9.17, 15) is 48.6 Å². The van der Waals surface area contributed by atoms with Crippen LogP contribution in [0, 0.1) is 11.8 Å². The number of aromatic hydroxyl groups is 1. The second kappa shape index (κ2) is 22.9. The highest BCUT2D eigenvalue weighted by Crippen LogP contribution is 2.14. The monoisotopic (exact) mass is 860 g/mol. The zero-order valence-corrected chi connectivity index (χ0v) is 34.1. The van der Waals surface area contributed by atoms with Crippen molar-refractivity contribution in [3.8, 4) is 5.75 Å². The lowest BCUT2D eigenvalue weighted by Crippen LogP contribution is -2.61. The molecule has 7 amide bonds. The fourth-order valence-corrected chi connectivity index (χ4v) is 5.65. The molecule has 0 aromatic heterocycles. The van der Waals surface area contributed by atoms with Gasteiger partial charge in [-0.3, -0.25) is 38.4 Å². The first kappa shape index (κ1) is 47.6. The van der Waals surface area contributed by atoms with E-state index in [1.165, 1.54) is 19.1 Å². The van der Waals surface area contributed by atoms with Crippen LogP contribution >= 0.6 is 15.9 Å². The van der Waals surface area contributed by atoms with Crippen molar-refractivity contribution in [3.05, 3.63) is 64.1 Å². The Bertz CT molecular complexity index is 1740. The third kappa shape index (κ3) is 16.6. The highest BCUT2D eigenvalue weighted by Gasteiger charge is 2.34. The Balaban J connectivity index is 2.29. The molecule has 57 heavy (non-hydrogen) atoms. The van der Waals surface area contributed by atoms with E-state index in [4.69, 9.17) is 11.5 Å². The molecule has 0 aliphatic rings. The van der Waals surface area contributed by atoms with Gasteiger partial charge in [0.25, 0.3) is 0 Å². The third-order valence-corrected chi connectivity index (χ3v) is 9.21. The van der Waals surface area contributed by atoms with Gasteiger partial charge in [0.2, 0.25) is 41.4 Å². The van der Waals surface area contributed by atoms with Gasteiger partial charge in [-0.2, -0.15) is 0 Å². The Kier molecular flexibility index (Phi) is 19.1. The molecule has 19 heteroatoms. The number of amides is 7. The summed E-state index contributed by atoms with van der Waals surface area (Å²) in [7, 11) is 0. The third-order valence-electron chi connectivity index (χ3n) is 8.68. The van der Waals surface area contributed by atoms with E-state index in [-0.39, 0.29) is 18.6 Å². The lowest BCUT2D eigenvalue weighted by Gasteiger charge is -2.29. The summed E-state index contributed by atoms with van der Waals surface area (Å²) in [6, 6.07) is 5.51. The molecule has 2 aromatic rings. The first-order chi connectivity index (χ1) is 26.7. The maximum Gasteiger partial charge on any atom is 0.303 e. The van der Waals surface area contributed by atoms with E-state index in [2.05, 4.69) is 47.8 Å². The van der Waals surface area contributed by atoms with Crippen LogP contribution in [-0.2, 0) is 51.2 Å². The molecule has 0 aliphatic carbocycles. The van der Waals surface area contributed by atoms with Crippen LogP contribution in [0.1, 0.15) is 58.6 Å². The molecule has 0 fully saturated rings. The molecular formula is C38H53BrN8O10. The Morgan fingerprint density at radius 3 is 1.67 bits per heavy atom. The highest BCUT2D eigenvalue weighted by atomic mass is 79.9. The maximum atomic E-state index is 13.9. The topological polar surface area (TPSA) is 301 Å². The predicted octanol–water partition coefficient (Wildman–Crippen LogP) is -0.511. The summed E-state index contributed by atoms with van der Waals surface area (Å²) in [6.07, 6.45) is -0.916. The normalized spacial score (nSPS) is 14.2. The SMILES string of the molecule is CC(C)[C@H](NC(=O)[C@H](CCC(=O)O)NC(=O)[C@H](Cc1ccc(Br)cc1)NC(=O)[C@@H](C)NC(=O)[C@@H](N)Cc1ccc(O)cc1)C(=O)N[C@H](C(=O)NCC(N)=O)C(C)C. The average Bonchev–Trinajstić information content (AvgIpc) is 3.14. The summed E-state index contributed by atoms with van der Waals surface area (Å²) in [6.45, 7) is 7.48. The molecule has 2 aromatic carbocycles. The van der Waals surface area contributed by atoms with E-state index < -0.39 is 115 Å². The van der Waals surface area contributed by atoms with E-state index in [1.54, 1.807) is 64.1 Å². The van der Waals surface area contributed by atoms with Gasteiger partial charge in [-0.1, -0.05) is 67.9 Å². The van der Waals surface area contributed by atoms with Crippen LogP contribution in [-0.4, -0.2) is 100 Å². The van der Waals surface area contributed by atoms with Crippen molar-refractivity contribution in [2.24, 2.45) is 23.3 Å². The molecule has 0 heterocycles. The average molecular weight is 862 g/mol. The fourth-order valence-electron chi connectivity index (χ4n) is 5.39. The lowest BCUT2D eigenvalue weighted by atomic mass is 9.99. The summed E-state index contributed by atoms with van der Waals surface area (Å²) in [5, 5.41) is 34.1. The number of carbonyl (C=O) groups is 8. The summed E-state index contributed by atoms with van der Waals surface area (Å²) < 4.78 is 0.747. The van der Waals surface area contributed by atoms with Gasteiger partial charge in [0, 0.05) is 17.3 Å². The van der Waals surface area contributed by atoms with Crippen molar-refractivity contribution in [2.45, 2.75) is 96.6 Å². The van der Waals surface area contributed by atoms with Crippen molar-refractivity contribution >= 4 is 63.2 Å². The van der Waals surface area contributed by atoms with Crippen molar-refractivity contribution in [3.63, 3.8) is 0 Å². The first-order valence-electron chi connectivity index (χ1n) is 18.3. The van der Waals surface area contributed by atoms with Crippen LogP contribution in [0.3, 0.4) is 0 Å². The summed E-state index contributed by atoms with van der Waals surface area (Å²) in [4.78, 5) is 103. The number of primary amides is 1. The predicted molar refractivity (Wildman–Crippen MR) is 212 cm³/mol. The number of nitrogens with two attached hydrogens (primary N) is 2. The first-order valence-corrected chi connectivity index (χ1v) is 19.0. The number of carbonyl (C=O) groups excluding carboxylic acids is 7. The summed E-state index contributed by atoms with van der Waals surface area (Å²) in [5.74, 6) is -7.63. The lowest BCUT2D eigenvalue weighted by molar-refractivity contribution is -0.139. The second-order valence-corrected chi connectivity index (χ2v) is 15.2. The van der Waals surface area contributed by atoms with E-state index in [0.29, 0.717) is 11.1 Å². The summed E-state index contributed by atoms with van der Waals surface area (Å²) >= 11 is 3.35. The van der Waals surface area contributed by atoms with Crippen LogP contribution in [0.15, 0.2) is 53.0 Å². The van der Waals surface area contributed by atoms with E-state index in [1.807, 2.05) is 0 Å². The highest BCUT2D eigenvalue weighted by molar-refractivity contribution is 9.10. The van der Waals surface area contributed by atoms with Crippen molar-refractivity contribution < 1.29 is 48.6 Å². The largest absolute Gasteiger partial charge is 0.508 e. The van der Waals surface area contributed by atoms with Crippen LogP contribution in [0.2, 0.25) is 0 Å². The number of benzene rings is 2. The molecule has 6 atom stereocenters. The van der Waals surface area contributed by atoms with Crippen LogP contribution in [0.5, 0.6) is 5.75 Å². The van der Waals surface area contributed by atoms with Crippen molar-refractivity contribution in [1.82, 2.24) is 31.9 Å². The molecule has 312 valence electrons. The minimum Gasteiger partial charge on any atom is -0.508 e. The Morgan fingerprint density at radius 2 is 1.12 bits per heavy atom. The quantitative estimate of drug-likeness (QED) is 0.0719. The maximum absolute atomic E-state index is 13.9. The van der Waals surface area contributed by atoms with Gasteiger partial charge >= 0.3 is 5.97 Å². The van der Waals surface area contributed by atoms with Crippen molar-refractivity contribution in [2.75, 3.05) is 6.54 Å². The Morgan fingerprint density at radius 1 is 0.632 bits per heavy atom. The van der Waals surface area contributed by atoms with Crippen LogP contribution < -0.4 is 43.4 Å². The second-order valence-electron chi connectivity index (χ2n) is 14.2. The Hall–Kier alpha value is -5.56. The van der Waals surface area contributed by atoms with Crippen molar-refractivity contribution in [1.29, 1.82) is 0 Å². The number of carboxylic acids is 1. The number of phenols is 1. The van der Waals surface area contributed by atoms with E-state index >= 15 is 0 Å². The number of hydrogen-bond acceptors (Lipinski definition) is 10. The zero-order chi connectivity index (χ0) is 43.0. The molecular weight excluding hydrogens is 808 g/mol. The van der Waals surface area contributed by atoms with Gasteiger partial charge in [0.1, 0.15) is 36.0 Å². The molecule has 0 saturated heterocycles. The van der Waals surface area contributed by atoms with Gasteiger partial charge in [-0.15, -0.1) is 0 Å². The van der Waals surface area contributed by atoms with Gasteiger partial charge < -0.3 is 53.6 Å². The molecule has 0 aliphatic heterocycles. The minimum atomic E-state index is -1.50. The molecule has 0 bridgehead atoms. The van der Waals surface area contributed by atoms with Gasteiger partial charge in [-0.05, 0) is 67.0 Å². The number of aliphatic carboxylic acids is 1.